The van der Waals surface area contributed by atoms with Crippen LogP contribution in [0, 0.1) is 4.77 Å². The molecule has 2 aromatic heterocycles. The summed E-state index contributed by atoms with van der Waals surface area (Å²) in [5.41, 5.74) is 2.78. The minimum atomic E-state index is 0.396. The number of benzene rings is 2. The Hall–Kier alpha value is -3.78. The predicted molar refractivity (Wildman–Crippen MR) is 117 cm³/mol. The zero-order chi connectivity index (χ0) is 20.8. The van der Waals surface area contributed by atoms with Gasteiger partial charge in [0.1, 0.15) is 6.61 Å². The van der Waals surface area contributed by atoms with Gasteiger partial charge in [-0.25, -0.2) is 5.10 Å². The van der Waals surface area contributed by atoms with Gasteiger partial charge >= 0.3 is 0 Å². The van der Waals surface area contributed by atoms with Crippen molar-refractivity contribution in [1.82, 2.24) is 19.9 Å². The van der Waals surface area contributed by atoms with Crippen molar-refractivity contribution in [1.29, 1.82) is 0 Å². The van der Waals surface area contributed by atoms with Crippen LogP contribution in [-0.2, 0) is 6.61 Å². The number of hydrogen-bond acceptors (Lipinski definition) is 6. The molecule has 0 amide bonds. The first-order valence-corrected chi connectivity index (χ1v) is 9.62. The van der Waals surface area contributed by atoms with Crippen molar-refractivity contribution in [3.8, 4) is 22.9 Å². The lowest BCUT2D eigenvalue weighted by Crippen LogP contribution is -1.99. The first-order chi connectivity index (χ1) is 14.7. The van der Waals surface area contributed by atoms with E-state index in [9.17, 15) is 0 Å². The van der Waals surface area contributed by atoms with E-state index < -0.39 is 0 Å². The highest BCUT2D eigenvalue weighted by Crippen LogP contribution is 2.28. The molecule has 0 fully saturated rings. The summed E-state index contributed by atoms with van der Waals surface area (Å²) in [6, 6.07) is 19.3. The van der Waals surface area contributed by atoms with Gasteiger partial charge in [-0.15, -0.1) is 0 Å². The van der Waals surface area contributed by atoms with E-state index in [4.69, 9.17) is 21.7 Å². The number of rotatable bonds is 7. The Morgan fingerprint density at radius 2 is 1.87 bits per heavy atom. The molecule has 0 bridgehead atoms. The van der Waals surface area contributed by atoms with Gasteiger partial charge in [-0.3, -0.25) is 4.98 Å². The Morgan fingerprint density at radius 3 is 2.63 bits per heavy atom. The number of methoxy groups -OCH3 is 1. The van der Waals surface area contributed by atoms with Crippen LogP contribution in [0.2, 0.25) is 0 Å². The minimum Gasteiger partial charge on any atom is -0.493 e. The molecule has 0 radical (unpaired) electrons. The Morgan fingerprint density at radius 1 is 1.07 bits per heavy atom. The summed E-state index contributed by atoms with van der Waals surface area (Å²) >= 11 is 5.31. The van der Waals surface area contributed by atoms with Gasteiger partial charge in [0, 0.05) is 18.0 Å². The fourth-order valence-electron chi connectivity index (χ4n) is 2.83. The Labute approximate surface area is 178 Å². The molecule has 30 heavy (non-hydrogen) atoms. The van der Waals surface area contributed by atoms with Crippen LogP contribution < -0.4 is 9.47 Å². The lowest BCUT2D eigenvalue weighted by molar-refractivity contribution is 0.284. The summed E-state index contributed by atoms with van der Waals surface area (Å²) in [5, 5.41) is 11.5. The molecule has 0 saturated heterocycles. The number of aromatic nitrogens is 4. The Bertz CT molecular complexity index is 1200. The summed E-state index contributed by atoms with van der Waals surface area (Å²) < 4.78 is 13.4. The van der Waals surface area contributed by atoms with Crippen molar-refractivity contribution >= 4 is 18.4 Å². The number of pyridine rings is 1. The first-order valence-electron chi connectivity index (χ1n) is 9.21. The molecule has 1 N–H and O–H groups in total. The Kier molecular flexibility index (Phi) is 5.95. The maximum absolute atomic E-state index is 5.90. The summed E-state index contributed by atoms with van der Waals surface area (Å²) in [6.07, 6.45) is 5.08. The second kappa shape index (κ2) is 9.15. The normalized spacial score (nSPS) is 11.0. The van der Waals surface area contributed by atoms with E-state index in [0.29, 0.717) is 28.7 Å². The van der Waals surface area contributed by atoms with Crippen LogP contribution in [-0.4, -0.2) is 33.2 Å². The molecule has 0 aliphatic carbocycles. The van der Waals surface area contributed by atoms with Gasteiger partial charge in [-0.2, -0.15) is 14.9 Å². The van der Waals surface area contributed by atoms with E-state index in [1.165, 1.54) is 0 Å². The highest BCUT2D eigenvalue weighted by Gasteiger charge is 2.09. The fourth-order valence-corrected chi connectivity index (χ4v) is 3.01. The summed E-state index contributed by atoms with van der Waals surface area (Å²) in [6.45, 7) is 0.462. The highest BCUT2D eigenvalue weighted by molar-refractivity contribution is 7.71. The topological polar surface area (TPSA) is 77.3 Å². The van der Waals surface area contributed by atoms with Crippen molar-refractivity contribution in [3.05, 3.63) is 89.0 Å². The van der Waals surface area contributed by atoms with Crippen LogP contribution in [0.1, 0.15) is 11.1 Å². The van der Waals surface area contributed by atoms with Crippen LogP contribution in [0.25, 0.3) is 11.4 Å². The van der Waals surface area contributed by atoms with Gasteiger partial charge < -0.3 is 9.47 Å². The standard InChI is InChI=1S/C22H19N5O2S/c1-28-20-13-17(7-8-19(20)29-15-16-5-3-2-4-6-16)14-24-27-21(25-26-22(27)30)18-9-11-23-12-10-18/h2-14H,15H2,1H3,(H,26,30)/b24-14-. The number of ether oxygens (including phenoxy) is 2. The zero-order valence-corrected chi connectivity index (χ0v) is 17.0. The monoisotopic (exact) mass is 417 g/mol. The number of aromatic amines is 1. The van der Waals surface area contributed by atoms with Crippen molar-refractivity contribution < 1.29 is 9.47 Å². The van der Waals surface area contributed by atoms with Crippen LogP contribution >= 0.6 is 12.2 Å². The third-order valence-corrected chi connectivity index (χ3v) is 4.60. The van der Waals surface area contributed by atoms with E-state index in [-0.39, 0.29) is 0 Å². The molecule has 2 aromatic carbocycles. The van der Waals surface area contributed by atoms with Crippen molar-refractivity contribution in [2.45, 2.75) is 6.61 Å². The fraction of sp³-hybridized carbons (Fsp3) is 0.0909. The van der Waals surface area contributed by atoms with Crippen molar-refractivity contribution in [2.75, 3.05) is 7.11 Å². The molecular weight excluding hydrogens is 398 g/mol. The van der Waals surface area contributed by atoms with E-state index in [1.54, 1.807) is 30.4 Å². The third-order valence-electron chi connectivity index (χ3n) is 4.34. The average Bonchev–Trinajstić information content (AvgIpc) is 3.18. The van der Waals surface area contributed by atoms with Crippen LogP contribution in [0.5, 0.6) is 11.5 Å². The van der Waals surface area contributed by atoms with Crippen LogP contribution in [0.3, 0.4) is 0 Å². The second-order valence-electron chi connectivity index (χ2n) is 6.33. The largest absolute Gasteiger partial charge is 0.493 e. The lowest BCUT2D eigenvalue weighted by Gasteiger charge is -2.11. The quantitative estimate of drug-likeness (QED) is 0.355. The maximum Gasteiger partial charge on any atom is 0.216 e. The summed E-state index contributed by atoms with van der Waals surface area (Å²) in [4.78, 5) is 4.03. The SMILES string of the molecule is COc1cc(/C=N\n2c(-c3ccncc3)n[nH]c2=S)ccc1OCc1ccccc1. The van der Waals surface area contributed by atoms with E-state index in [0.717, 1.165) is 16.7 Å². The molecule has 4 aromatic rings. The van der Waals surface area contributed by atoms with Crippen LogP contribution in [0.4, 0.5) is 0 Å². The number of nitrogens with zero attached hydrogens (tertiary/aromatic N) is 4. The zero-order valence-electron chi connectivity index (χ0n) is 16.2. The van der Waals surface area contributed by atoms with Gasteiger partial charge in [0.05, 0.1) is 13.3 Å². The Balaban J connectivity index is 1.55. The summed E-state index contributed by atoms with van der Waals surface area (Å²) in [7, 11) is 1.61. The van der Waals surface area contributed by atoms with Gasteiger partial charge in [0.15, 0.2) is 17.3 Å². The average molecular weight is 417 g/mol. The third kappa shape index (κ3) is 4.44. The van der Waals surface area contributed by atoms with Crippen molar-refractivity contribution in [2.24, 2.45) is 5.10 Å². The van der Waals surface area contributed by atoms with Gasteiger partial charge in [-0.1, -0.05) is 30.3 Å². The van der Waals surface area contributed by atoms with E-state index in [1.807, 2.05) is 60.7 Å². The smallest absolute Gasteiger partial charge is 0.216 e. The summed E-state index contributed by atoms with van der Waals surface area (Å²) in [5.74, 6) is 1.89. The first kappa shape index (κ1) is 19.5. The molecule has 0 unspecified atom stereocenters. The van der Waals surface area contributed by atoms with Gasteiger partial charge in [0.25, 0.3) is 0 Å². The molecule has 4 rings (SSSR count). The molecule has 0 spiro atoms. The van der Waals surface area contributed by atoms with Gasteiger partial charge in [-0.05, 0) is 53.7 Å². The lowest BCUT2D eigenvalue weighted by atomic mass is 10.2. The molecule has 0 atom stereocenters. The molecule has 0 saturated carbocycles. The molecule has 2 heterocycles. The van der Waals surface area contributed by atoms with Crippen molar-refractivity contribution in [3.63, 3.8) is 0 Å². The van der Waals surface area contributed by atoms with Gasteiger partial charge in [0.2, 0.25) is 4.77 Å². The highest BCUT2D eigenvalue weighted by atomic mass is 32.1. The van der Waals surface area contributed by atoms with E-state index >= 15 is 0 Å². The molecule has 0 aliphatic rings. The number of H-pyrrole nitrogens is 1. The second-order valence-corrected chi connectivity index (χ2v) is 6.72. The van der Waals surface area contributed by atoms with Crippen LogP contribution in [0.15, 0.2) is 78.2 Å². The minimum absolute atomic E-state index is 0.396. The molecular formula is C22H19N5O2S. The number of nitrogens with one attached hydrogen (secondary N) is 1. The maximum atomic E-state index is 5.90. The predicted octanol–water partition coefficient (Wildman–Crippen LogP) is 4.47. The molecule has 8 heteroatoms. The molecule has 7 nitrogen and oxygen atoms in total. The molecule has 150 valence electrons. The number of hydrogen-bond donors (Lipinski definition) is 1. The molecule has 0 aliphatic heterocycles. The van der Waals surface area contributed by atoms with E-state index in [2.05, 4.69) is 20.3 Å².